The van der Waals surface area contributed by atoms with Crippen molar-refractivity contribution in [1.29, 1.82) is 0 Å². The Balaban J connectivity index is 1.34. The number of anilines is 2. The van der Waals surface area contributed by atoms with Gasteiger partial charge in [0.2, 0.25) is 0 Å². The number of pyridine rings is 1. The van der Waals surface area contributed by atoms with E-state index < -0.39 is 0 Å². The van der Waals surface area contributed by atoms with Gasteiger partial charge in [-0.05, 0) is 42.3 Å². The summed E-state index contributed by atoms with van der Waals surface area (Å²) in [5, 5.41) is 14.0. The van der Waals surface area contributed by atoms with Crippen molar-refractivity contribution in [2.45, 2.75) is 6.42 Å². The molecule has 0 atom stereocenters. The number of amides is 1. The van der Waals surface area contributed by atoms with E-state index in [1.54, 1.807) is 18.5 Å². The molecular weight excluding hydrogens is 338 g/mol. The largest absolute Gasteiger partial charge is 0.370 e. The van der Waals surface area contributed by atoms with Crippen molar-refractivity contribution in [3.05, 3.63) is 84.2 Å². The quantitative estimate of drug-likeness (QED) is 0.489. The fourth-order valence-electron chi connectivity index (χ4n) is 2.84. The Morgan fingerprint density at radius 3 is 2.70 bits per heavy atom. The van der Waals surface area contributed by atoms with Crippen LogP contribution in [0.25, 0.3) is 10.9 Å². The fraction of sp³-hybridized carbons (Fsp3) is 0.0952. The van der Waals surface area contributed by atoms with Gasteiger partial charge in [0.25, 0.3) is 5.91 Å². The molecule has 0 bridgehead atoms. The Morgan fingerprint density at radius 2 is 1.89 bits per heavy atom. The molecule has 6 heteroatoms. The van der Waals surface area contributed by atoms with E-state index in [1.165, 1.54) is 5.56 Å². The highest BCUT2D eigenvalue weighted by atomic mass is 16.1. The summed E-state index contributed by atoms with van der Waals surface area (Å²) >= 11 is 0. The standard InChI is InChI=1S/C21H19N5O/c27-21(25-18-7-8-19-17(12-18)14-24-26-19)16-6-9-20(23-13-16)22-11-10-15-4-2-1-3-5-15/h1-9,12-14H,10-11H2,(H,22,23)(H,24,26)(H,25,27). The van der Waals surface area contributed by atoms with Gasteiger partial charge >= 0.3 is 0 Å². The molecule has 2 heterocycles. The third-order valence-corrected chi connectivity index (χ3v) is 4.29. The summed E-state index contributed by atoms with van der Waals surface area (Å²) in [5.74, 6) is 0.559. The average molecular weight is 357 g/mol. The molecule has 3 N–H and O–H groups in total. The first-order valence-corrected chi connectivity index (χ1v) is 8.76. The Morgan fingerprint density at radius 1 is 1.00 bits per heavy atom. The predicted molar refractivity (Wildman–Crippen MR) is 107 cm³/mol. The van der Waals surface area contributed by atoms with E-state index in [9.17, 15) is 4.79 Å². The van der Waals surface area contributed by atoms with E-state index in [0.717, 1.165) is 35.4 Å². The van der Waals surface area contributed by atoms with Gasteiger partial charge in [-0.15, -0.1) is 0 Å². The smallest absolute Gasteiger partial charge is 0.257 e. The van der Waals surface area contributed by atoms with Crippen LogP contribution >= 0.6 is 0 Å². The molecule has 4 aromatic rings. The summed E-state index contributed by atoms with van der Waals surface area (Å²) in [4.78, 5) is 16.7. The number of benzene rings is 2. The maximum Gasteiger partial charge on any atom is 0.257 e. The van der Waals surface area contributed by atoms with Crippen molar-refractivity contribution in [3.8, 4) is 0 Å². The minimum absolute atomic E-state index is 0.193. The van der Waals surface area contributed by atoms with Crippen molar-refractivity contribution < 1.29 is 4.79 Å². The lowest BCUT2D eigenvalue weighted by atomic mass is 10.1. The Hall–Kier alpha value is -3.67. The molecule has 4 rings (SSSR count). The van der Waals surface area contributed by atoms with Crippen LogP contribution in [0.5, 0.6) is 0 Å². The zero-order chi connectivity index (χ0) is 18.5. The summed E-state index contributed by atoms with van der Waals surface area (Å²) < 4.78 is 0. The van der Waals surface area contributed by atoms with Gasteiger partial charge in [0.1, 0.15) is 5.82 Å². The molecule has 134 valence electrons. The number of hydrogen-bond acceptors (Lipinski definition) is 4. The monoisotopic (exact) mass is 357 g/mol. The lowest BCUT2D eigenvalue weighted by Crippen LogP contribution is -2.13. The Bertz CT molecular complexity index is 1040. The number of aromatic nitrogens is 3. The van der Waals surface area contributed by atoms with E-state index in [2.05, 4.69) is 37.9 Å². The lowest BCUT2D eigenvalue weighted by Gasteiger charge is -2.08. The van der Waals surface area contributed by atoms with Crippen LogP contribution in [0.1, 0.15) is 15.9 Å². The molecule has 2 aromatic heterocycles. The molecule has 0 spiro atoms. The predicted octanol–water partition coefficient (Wildman–Crippen LogP) is 3.86. The van der Waals surface area contributed by atoms with E-state index in [-0.39, 0.29) is 5.91 Å². The van der Waals surface area contributed by atoms with Crippen molar-refractivity contribution in [3.63, 3.8) is 0 Å². The van der Waals surface area contributed by atoms with Crippen LogP contribution in [0.4, 0.5) is 11.5 Å². The van der Waals surface area contributed by atoms with Gasteiger partial charge in [0.15, 0.2) is 0 Å². The number of rotatable bonds is 6. The summed E-state index contributed by atoms with van der Waals surface area (Å²) in [6.45, 7) is 0.785. The first-order chi connectivity index (χ1) is 13.3. The maximum absolute atomic E-state index is 12.4. The number of aromatic amines is 1. The van der Waals surface area contributed by atoms with Crippen LogP contribution in [0.2, 0.25) is 0 Å². The number of nitrogens with zero attached hydrogens (tertiary/aromatic N) is 2. The zero-order valence-electron chi connectivity index (χ0n) is 14.6. The van der Waals surface area contributed by atoms with Gasteiger partial charge in [-0.2, -0.15) is 5.10 Å². The summed E-state index contributed by atoms with van der Waals surface area (Å²) in [6.07, 6.45) is 4.22. The van der Waals surface area contributed by atoms with Gasteiger partial charge in [-0.3, -0.25) is 9.89 Å². The van der Waals surface area contributed by atoms with Crippen molar-refractivity contribution >= 4 is 28.3 Å². The Kier molecular flexibility index (Phi) is 4.78. The first-order valence-electron chi connectivity index (χ1n) is 8.76. The third-order valence-electron chi connectivity index (χ3n) is 4.29. The Labute approximate surface area is 156 Å². The van der Waals surface area contributed by atoms with Gasteiger partial charge < -0.3 is 10.6 Å². The zero-order valence-corrected chi connectivity index (χ0v) is 14.6. The highest BCUT2D eigenvalue weighted by Gasteiger charge is 2.08. The van der Waals surface area contributed by atoms with Crippen molar-refractivity contribution in [1.82, 2.24) is 15.2 Å². The normalized spacial score (nSPS) is 10.7. The molecule has 0 fully saturated rings. The SMILES string of the molecule is O=C(Nc1ccc2[nH]ncc2c1)c1ccc(NCCc2ccccc2)nc1. The number of hydrogen-bond donors (Lipinski definition) is 3. The highest BCUT2D eigenvalue weighted by Crippen LogP contribution is 2.17. The molecule has 6 nitrogen and oxygen atoms in total. The third kappa shape index (κ3) is 4.12. The average Bonchev–Trinajstić information content (AvgIpc) is 3.17. The molecule has 0 aliphatic rings. The van der Waals surface area contributed by atoms with E-state index in [1.807, 2.05) is 42.5 Å². The van der Waals surface area contributed by atoms with Crippen LogP contribution in [-0.2, 0) is 6.42 Å². The molecule has 0 radical (unpaired) electrons. The van der Waals surface area contributed by atoms with Crippen LogP contribution in [0, 0.1) is 0 Å². The topological polar surface area (TPSA) is 82.7 Å². The van der Waals surface area contributed by atoms with E-state index in [0.29, 0.717) is 5.56 Å². The molecule has 0 saturated heterocycles. The number of H-pyrrole nitrogens is 1. The number of carbonyl (C=O) groups is 1. The molecule has 0 unspecified atom stereocenters. The number of carbonyl (C=O) groups excluding carboxylic acids is 1. The first kappa shape index (κ1) is 16.8. The molecule has 0 aliphatic heterocycles. The van der Waals surface area contributed by atoms with Crippen LogP contribution in [-0.4, -0.2) is 27.6 Å². The minimum Gasteiger partial charge on any atom is -0.370 e. The van der Waals surface area contributed by atoms with Crippen molar-refractivity contribution in [2.75, 3.05) is 17.2 Å². The molecule has 0 aliphatic carbocycles. The van der Waals surface area contributed by atoms with Gasteiger partial charge in [-0.1, -0.05) is 30.3 Å². The summed E-state index contributed by atoms with van der Waals surface area (Å²) in [5.41, 5.74) is 3.44. The maximum atomic E-state index is 12.4. The molecular formula is C21H19N5O. The van der Waals surface area contributed by atoms with Crippen molar-refractivity contribution in [2.24, 2.45) is 0 Å². The van der Waals surface area contributed by atoms with Crippen LogP contribution in [0.3, 0.4) is 0 Å². The summed E-state index contributed by atoms with van der Waals surface area (Å²) in [7, 11) is 0. The van der Waals surface area contributed by atoms with Crippen LogP contribution in [0.15, 0.2) is 73.1 Å². The molecule has 27 heavy (non-hydrogen) atoms. The minimum atomic E-state index is -0.193. The molecule has 1 amide bonds. The lowest BCUT2D eigenvalue weighted by molar-refractivity contribution is 0.102. The van der Waals surface area contributed by atoms with Crippen LogP contribution < -0.4 is 10.6 Å². The molecule has 0 saturated carbocycles. The second-order valence-electron chi connectivity index (χ2n) is 6.22. The number of fused-ring (bicyclic) bond motifs is 1. The van der Waals surface area contributed by atoms with Gasteiger partial charge in [0, 0.05) is 23.8 Å². The van der Waals surface area contributed by atoms with E-state index >= 15 is 0 Å². The van der Waals surface area contributed by atoms with Gasteiger partial charge in [0.05, 0.1) is 17.3 Å². The highest BCUT2D eigenvalue weighted by molar-refractivity contribution is 6.05. The van der Waals surface area contributed by atoms with E-state index in [4.69, 9.17) is 0 Å². The number of nitrogens with one attached hydrogen (secondary N) is 3. The van der Waals surface area contributed by atoms with Gasteiger partial charge in [-0.25, -0.2) is 4.98 Å². The second kappa shape index (κ2) is 7.70. The summed E-state index contributed by atoms with van der Waals surface area (Å²) in [6, 6.07) is 19.5. The second-order valence-corrected chi connectivity index (χ2v) is 6.22. The fourth-order valence-corrected chi connectivity index (χ4v) is 2.84. The molecule has 2 aromatic carbocycles.